The summed E-state index contributed by atoms with van der Waals surface area (Å²) in [6.07, 6.45) is 3.62. The van der Waals surface area contributed by atoms with Crippen molar-refractivity contribution in [2.24, 2.45) is 0 Å². The molecule has 1 aliphatic rings. The molecule has 32 heavy (non-hydrogen) atoms. The third-order valence-electron chi connectivity index (χ3n) is 5.63. The number of piperidine rings is 1. The van der Waals surface area contributed by atoms with Crippen LogP contribution in [0.15, 0.2) is 53.4 Å². The monoisotopic (exact) mass is 454 g/mol. The molecule has 1 fully saturated rings. The number of amides is 1. The number of sulfonamides is 1. The van der Waals surface area contributed by atoms with E-state index in [1.165, 1.54) is 16.4 Å². The minimum absolute atomic E-state index is 0.0890. The van der Waals surface area contributed by atoms with E-state index >= 15 is 0 Å². The predicted molar refractivity (Wildman–Crippen MR) is 122 cm³/mol. The highest BCUT2D eigenvalue weighted by atomic mass is 32.2. The maximum Gasteiger partial charge on any atom is 0.273 e. The Balaban J connectivity index is 1.47. The number of phenols is 1. The summed E-state index contributed by atoms with van der Waals surface area (Å²) < 4.78 is 27.0. The molecular weight excluding hydrogens is 428 g/mol. The Hall–Kier alpha value is -3.17. The summed E-state index contributed by atoms with van der Waals surface area (Å²) in [6.45, 7) is 3.10. The van der Waals surface area contributed by atoms with Crippen LogP contribution in [0.4, 0.5) is 5.69 Å². The lowest BCUT2D eigenvalue weighted by Gasteiger charge is -2.25. The molecule has 0 saturated carbocycles. The summed E-state index contributed by atoms with van der Waals surface area (Å²) in [5.41, 5.74) is 2.76. The van der Waals surface area contributed by atoms with Crippen molar-refractivity contribution in [3.05, 3.63) is 59.8 Å². The average Bonchev–Trinajstić information content (AvgIpc) is 3.31. The number of carbonyl (C=O) groups excluding carboxylic acids is 1. The topological polar surface area (TPSA) is 115 Å². The van der Waals surface area contributed by atoms with Gasteiger partial charge in [0.2, 0.25) is 10.0 Å². The number of hydrogen-bond donors (Lipinski definition) is 3. The SMILES string of the molecule is CCc1ccc(O)c(-c2cc(C(=O)Nc3ccc(S(=O)(=O)N4CCCCC4)cc3)[nH]n2)c1. The van der Waals surface area contributed by atoms with Crippen molar-refractivity contribution >= 4 is 21.6 Å². The number of aromatic nitrogens is 2. The van der Waals surface area contributed by atoms with Gasteiger partial charge < -0.3 is 10.4 Å². The van der Waals surface area contributed by atoms with Crippen molar-refractivity contribution in [1.29, 1.82) is 0 Å². The van der Waals surface area contributed by atoms with E-state index in [4.69, 9.17) is 0 Å². The van der Waals surface area contributed by atoms with Crippen LogP contribution in [-0.2, 0) is 16.4 Å². The summed E-state index contributed by atoms with van der Waals surface area (Å²) in [6, 6.07) is 13.0. The molecule has 1 saturated heterocycles. The lowest BCUT2D eigenvalue weighted by Crippen LogP contribution is -2.35. The largest absolute Gasteiger partial charge is 0.507 e. The molecule has 3 aromatic rings. The third kappa shape index (κ3) is 4.53. The van der Waals surface area contributed by atoms with Crippen LogP contribution in [0.25, 0.3) is 11.3 Å². The number of aromatic hydroxyl groups is 1. The number of phenolic OH excluding ortho intramolecular Hbond substituents is 1. The Morgan fingerprint density at radius 1 is 1.09 bits per heavy atom. The number of carbonyl (C=O) groups is 1. The van der Waals surface area contributed by atoms with Gasteiger partial charge >= 0.3 is 0 Å². The molecule has 8 nitrogen and oxygen atoms in total. The number of rotatable bonds is 6. The average molecular weight is 455 g/mol. The van der Waals surface area contributed by atoms with Crippen LogP contribution in [0.2, 0.25) is 0 Å². The van der Waals surface area contributed by atoms with Crippen LogP contribution >= 0.6 is 0 Å². The number of anilines is 1. The second kappa shape index (κ2) is 9.13. The van der Waals surface area contributed by atoms with Crippen molar-refractivity contribution in [3.8, 4) is 17.0 Å². The maximum absolute atomic E-state index is 12.8. The Labute approximate surface area is 187 Å². The molecule has 2 heterocycles. The minimum atomic E-state index is -3.52. The molecule has 0 unspecified atom stereocenters. The van der Waals surface area contributed by atoms with Gasteiger partial charge in [-0.05, 0) is 67.3 Å². The number of aromatic amines is 1. The molecule has 1 aliphatic heterocycles. The number of aryl methyl sites for hydroxylation is 1. The summed E-state index contributed by atoms with van der Waals surface area (Å²) in [5, 5.41) is 19.7. The first kappa shape index (κ1) is 22.0. The lowest BCUT2D eigenvalue weighted by atomic mass is 10.1. The first-order valence-corrected chi connectivity index (χ1v) is 12.1. The molecular formula is C23H26N4O4S. The van der Waals surface area contributed by atoms with Gasteiger partial charge in [0.25, 0.3) is 5.91 Å². The second-order valence-corrected chi connectivity index (χ2v) is 9.75. The van der Waals surface area contributed by atoms with Gasteiger partial charge in [-0.25, -0.2) is 8.42 Å². The Kier molecular flexibility index (Phi) is 6.29. The highest BCUT2D eigenvalue weighted by Crippen LogP contribution is 2.29. The highest BCUT2D eigenvalue weighted by Gasteiger charge is 2.25. The van der Waals surface area contributed by atoms with E-state index < -0.39 is 15.9 Å². The number of nitrogens with zero attached hydrogens (tertiary/aromatic N) is 2. The normalized spacial score (nSPS) is 14.9. The van der Waals surface area contributed by atoms with Crippen molar-refractivity contribution < 1.29 is 18.3 Å². The zero-order valence-corrected chi connectivity index (χ0v) is 18.7. The van der Waals surface area contributed by atoms with E-state index in [1.807, 2.05) is 19.1 Å². The molecule has 0 atom stereocenters. The number of hydrogen-bond acceptors (Lipinski definition) is 5. The standard InChI is InChI=1S/C23H26N4O4S/c1-2-16-6-11-22(28)19(14-16)20-15-21(26-25-20)23(29)24-17-7-9-18(10-8-17)32(30,31)27-12-4-3-5-13-27/h6-11,14-15,28H,2-5,12-13H2,1H3,(H,24,29)(H,25,26). The molecule has 1 amide bonds. The zero-order valence-electron chi connectivity index (χ0n) is 17.8. The van der Waals surface area contributed by atoms with Gasteiger partial charge in [-0.3, -0.25) is 9.89 Å². The smallest absolute Gasteiger partial charge is 0.273 e. The highest BCUT2D eigenvalue weighted by molar-refractivity contribution is 7.89. The van der Waals surface area contributed by atoms with Crippen LogP contribution in [0, 0.1) is 0 Å². The Morgan fingerprint density at radius 2 is 1.81 bits per heavy atom. The molecule has 0 bridgehead atoms. The van der Waals surface area contributed by atoms with Crippen molar-refractivity contribution in [1.82, 2.24) is 14.5 Å². The summed E-state index contributed by atoms with van der Waals surface area (Å²) in [5.74, 6) is -0.326. The second-order valence-electron chi connectivity index (χ2n) is 7.82. The van der Waals surface area contributed by atoms with Crippen LogP contribution in [-0.4, -0.2) is 47.0 Å². The Bertz CT molecular complexity index is 1210. The number of benzene rings is 2. The van der Waals surface area contributed by atoms with Gasteiger partial charge in [-0.15, -0.1) is 0 Å². The predicted octanol–water partition coefficient (Wildman–Crippen LogP) is 3.77. The van der Waals surface area contributed by atoms with E-state index in [9.17, 15) is 18.3 Å². The van der Waals surface area contributed by atoms with E-state index in [2.05, 4.69) is 15.5 Å². The van der Waals surface area contributed by atoms with Crippen LogP contribution < -0.4 is 5.32 Å². The van der Waals surface area contributed by atoms with Crippen LogP contribution in [0.3, 0.4) is 0 Å². The van der Waals surface area contributed by atoms with E-state index in [1.54, 1.807) is 24.3 Å². The van der Waals surface area contributed by atoms with Gasteiger partial charge in [-0.2, -0.15) is 9.40 Å². The summed E-state index contributed by atoms with van der Waals surface area (Å²) in [4.78, 5) is 12.8. The first-order valence-electron chi connectivity index (χ1n) is 10.7. The van der Waals surface area contributed by atoms with Gasteiger partial charge in [-0.1, -0.05) is 19.4 Å². The summed E-state index contributed by atoms with van der Waals surface area (Å²) in [7, 11) is -3.52. The fraction of sp³-hybridized carbons (Fsp3) is 0.304. The molecule has 4 rings (SSSR count). The molecule has 168 valence electrons. The van der Waals surface area contributed by atoms with Gasteiger partial charge in [0.05, 0.1) is 10.6 Å². The zero-order chi connectivity index (χ0) is 22.7. The molecule has 9 heteroatoms. The number of nitrogens with one attached hydrogen (secondary N) is 2. The molecule has 2 aromatic carbocycles. The Morgan fingerprint density at radius 3 is 2.50 bits per heavy atom. The maximum atomic E-state index is 12.8. The lowest BCUT2D eigenvalue weighted by molar-refractivity contribution is 0.102. The molecule has 0 spiro atoms. The van der Waals surface area contributed by atoms with Crippen molar-refractivity contribution in [2.45, 2.75) is 37.5 Å². The van der Waals surface area contributed by atoms with Crippen molar-refractivity contribution in [2.75, 3.05) is 18.4 Å². The van der Waals surface area contributed by atoms with Gasteiger partial charge in [0, 0.05) is 24.3 Å². The fourth-order valence-corrected chi connectivity index (χ4v) is 5.26. The quantitative estimate of drug-likeness (QED) is 0.524. The van der Waals surface area contributed by atoms with Gasteiger partial charge in [0.1, 0.15) is 11.4 Å². The fourth-order valence-electron chi connectivity index (χ4n) is 3.75. The number of H-pyrrole nitrogens is 1. The summed E-state index contributed by atoms with van der Waals surface area (Å²) >= 11 is 0. The van der Waals surface area contributed by atoms with Gasteiger partial charge in [0.15, 0.2) is 0 Å². The van der Waals surface area contributed by atoms with Crippen LogP contribution in [0.5, 0.6) is 5.75 Å². The third-order valence-corrected chi connectivity index (χ3v) is 7.55. The molecule has 0 aliphatic carbocycles. The van der Waals surface area contributed by atoms with Crippen molar-refractivity contribution in [3.63, 3.8) is 0 Å². The first-order chi connectivity index (χ1) is 15.4. The molecule has 1 aromatic heterocycles. The minimum Gasteiger partial charge on any atom is -0.507 e. The van der Waals surface area contributed by atoms with E-state index in [0.29, 0.717) is 30.0 Å². The molecule has 0 radical (unpaired) electrons. The van der Waals surface area contributed by atoms with E-state index in [0.717, 1.165) is 31.2 Å². The van der Waals surface area contributed by atoms with E-state index in [-0.39, 0.29) is 16.3 Å². The van der Waals surface area contributed by atoms with Crippen LogP contribution in [0.1, 0.15) is 42.2 Å². The molecule has 3 N–H and O–H groups in total.